The Morgan fingerprint density at radius 2 is 1.18 bits per heavy atom. The number of benzene rings is 8. The normalized spacial score (nSPS) is 13.7. The zero-order chi connectivity index (χ0) is 36.7. The smallest absolute Gasteiger partial charge is 0.159 e. The molecule has 1 aliphatic carbocycles. The van der Waals surface area contributed by atoms with Gasteiger partial charge in [-0.15, -0.1) is 0 Å². The summed E-state index contributed by atoms with van der Waals surface area (Å²) in [5, 5.41) is 2.26. The van der Waals surface area contributed by atoms with Gasteiger partial charge < -0.3 is 14.2 Å². The topological polar surface area (TPSA) is 19.6 Å². The lowest BCUT2D eigenvalue weighted by Gasteiger charge is -2.36. The molecule has 2 aliphatic rings. The first-order valence-electron chi connectivity index (χ1n) is 19.1. The third kappa shape index (κ3) is 4.83. The van der Waals surface area contributed by atoms with E-state index in [1.807, 2.05) is 0 Å². The molecule has 8 aromatic carbocycles. The van der Waals surface area contributed by atoms with Gasteiger partial charge in [0, 0.05) is 51.0 Å². The number of fused-ring (bicyclic) bond motifs is 8. The largest absolute Gasteiger partial charge is 0.454 e. The molecule has 262 valence electrons. The summed E-state index contributed by atoms with van der Waals surface area (Å²) in [4.78, 5) is 4.88. The van der Waals surface area contributed by atoms with Crippen molar-refractivity contribution in [1.82, 2.24) is 0 Å². The van der Waals surface area contributed by atoms with Gasteiger partial charge in [0.05, 0.1) is 5.69 Å². The van der Waals surface area contributed by atoms with E-state index in [1.54, 1.807) is 0 Å². The van der Waals surface area contributed by atoms with Crippen LogP contribution in [0.1, 0.15) is 36.1 Å². The molecule has 0 spiro atoms. The molecule has 2 heterocycles. The van der Waals surface area contributed by atoms with Crippen molar-refractivity contribution in [3.63, 3.8) is 0 Å². The van der Waals surface area contributed by atoms with Gasteiger partial charge >= 0.3 is 0 Å². The van der Waals surface area contributed by atoms with Gasteiger partial charge in [-0.3, -0.25) is 0 Å². The van der Waals surface area contributed by atoms with Crippen LogP contribution in [-0.4, -0.2) is 0 Å². The van der Waals surface area contributed by atoms with Crippen molar-refractivity contribution in [1.29, 1.82) is 0 Å². The Labute approximate surface area is 321 Å². The third-order valence-electron chi connectivity index (χ3n) is 11.8. The van der Waals surface area contributed by atoms with Crippen LogP contribution in [0.4, 0.5) is 34.1 Å². The van der Waals surface area contributed by atoms with E-state index in [1.165, 1.54) is 55.9 Å². The fourth-order valence-electron chi connectivity index (χ4n) is 9.28. The first kappa shape index (κ1) is 31.7. The molecule has 0 unspecified atom stereocenters. The lowest BCUT2D eigenvalue weighted by molar-refractivity contribution is 0.648. The third-order valence-corrected chi connectivity index (χ3v) is 11.8. The highest BCUT2D eigenvalue weighted by atomic mass is 16.3. The first-order valence-corrected chi connectivity index (χ1v) is 19.1. The van der Waals surface area contributed by atoms with Crippen molar-refractivity contribution in [2.24, 2.45) is 0 Å². The van der Waals surface area contributed by atoms with E-state index in [2.05, 4.69) is 206 Å². The van der Waals surface area contributed by atoms with Crippen molar-refractivity contribution >= 4 is 56.1 Å². The summed E-state index contributed by atoms with van der Waals surface area (Å²) in [7, 11) is 0. The minimum absolute atomic E-state index is 0.284. The summed E-state index contributed by atoms with van der Waals surface area (Å²) >= 11 is 0. The van der Waals surface area contributed by atoms with E-state index >= 15 is 0 Å². The van der Waals surface area contributed by atoms with E-state index in [0.29, 0.717) is 0 Å². The van der Waals surface area contributed by atoms with Gasteiger partial charge in [0.1, 0.15) is 5.58 Å². The summed E-state index contributed by atoms with van der Waals surface area (Å²) in [5.74, 6) is 0. The lowest BCUT2D eigenvalue weighted by atomic mass is 9.80. The van der Waals surface area contributed by atoms with Crippen molar-refractivity contribution in [3.05, 3.63) is 204 Å². The Hall–Kier alpha value is -6.84. The number of furan rings is 1. The quantitative estimate of drug-likeness (QED) is 0.178. The molecule has 0 saturated carbocycles. The summed E-state index contributed by atoms with van der Waals surface area (Å²) in [5.41, 5.74) is 18.5. The second kappa shape index (κ2) is 12.1. The Kier molecular flexibility index (Phi) is 6.96. The van der Waals surface area contributed by atoms with Gasteiger partial charge in [0.25, 0.3) is 0 Å². The van der Waals surface area contributed by atoms with Crippen molar-refractivity contribution < 1.29 is 4.42 Å². The predicted molar refractivity (Wildman–Crippen MR) is 229 cm³/mol. The highest BCUT2D eigenvalue weighted by Crippen LogP contribution is 2.58. The molecule has 0 saturated heterocycles. The van der Waals surface area contributed by atoms with Gasteiger partial charge in [-0.2, -0.15) is 0 Å². The average Bonchev–Trinajstić information content (AvgIpc) is 3.72. The maximum Gasteiger partial charge on any atom is 0.159 e. The summed E-state index contributed by atoms with van der Waals surface area (Å²) in [6.45, 7) is 4.74. The standard InChI is InChI=1S/C52H38N2O/c1-52(2)45-22-12-10-20-41(45)43-33-44-42-21-11-14-24-48(42)55-51(44)50(49(43)52)53(39-27-25-35(26-28-39)34-15-5-3-6-16-34)40-29-30-47-37(32-40)31-36-17-9-13-23-46(36)54(47)38-18-7-4-8-19-38/h3-30,32-33H,31H2,1-2H3. The van der Waals surface area contributed by atoms with E-state index < -0.39 is 0 Å². The van der Waals surface area contributed by atoms with Crippen molar-refractivity contribution in [2.75, 3.05) is 9.80 Å². The monoisotopic (exact) mass is 706 g/mol. The maximum atomic E-state index is 7.00. The van der Waals surface area contributed by atoms with Gasteiger partial charge in [-0.1, -0.05) is 135 Å². The number of para-hydroxylation sites is 3. The van der Waals surface area contributed by atoms with Crippen LogP contribution < -0.4 is 9.80 Å². The van der Waals surface area contributed by atoms with E-state index in [0.717, 1.165) is 51.1 Å². The van der Waals surface area contributed by atoms with Crippen molar-refractivity contribution in [3.8, 4) is 22.3 Å². The SMILES string of the molecule is CC1(C)c2ccccc2-c2cc3c(oc4ccccc43)c(N(c3ccc(-c4ccccc4)cc3)c3ccc4c(c3)Cc3ccccc3N4c3ccccc3)c21. The molecule has 0 atom stereocenters. The zero-order valence-electron chi connectivity index (χ0n) is 30.8. The Morgan fingerprint density at radius 1 is 0.527 bits per heavy atom. The molecule has 55 heavy (non-hydrogen) atoms. The number of hydrogen-bond donors (Lipinski definition) is 0. The lowest BCUT2D eigenvalue weighted by Crippen LogP contribution is -2.22. The Morgan fingerprint density at radius 3 is 2.02 bits per heavy atom. The molecule has 1 aliphatic heterocycles. The number of hydrogen-bond acceptors (Lipinski definition) is 3. The molecule has 0 amide bonds. The van der Waals surface area contributed by atoms with E-state index in [-0.39, 0.29) is 5.41 Å². The van der Waals surface area contributed by atoms with Gasteiger partial charge in [-0.25, -0.2) is 0 Å². The summed E-state index contributed by atoms with van der Waals surface area (Å²) in [6.07, 6.45) is 0.841. The van der Waals surface area contributed by atoms with Crippen LogP contribution in [0.3, 0.4) is 0 Å². The van der Waals surface area contributed by atoms with Crippen LogP contribution in [0.15, 0.2) is 186 Å². The molecule has 0 fully saturated rings. The second-order valence-electron chi connectivity index (χ2n) is 15.3. The minimum atomic E-state index is -0.284. The molecule has 9 aromatic rings. The van der Waals surface area contributed by atoms with Gasteiger partial charge in [-0.05, 0) is 105 Å². The molecule has 0 bridgehead atoms. The van der Waals surface area contributed by atoms with Crippen LogP contribution in [0.2, 0.25) is 0 Å². The number of rotatable bonds is 5. The molecule has 3 nitrogen and oxygen atoms in total. The highest BCUT2D eigenvalue weighted by Gasteiger charge is 2.41. The van der Waals surface area contributed by atoms with Crippen molar-refractivity contribution in [2.45, 2.75) is 25.7 Å². The minimum Gasteiger partial charge on any atom is -0.454 e. The Bertz CT molecular complexity index is 2920. The highest BCUT2D eigenvalue weighted by molar-refractivity contribution is 6.14. The number of anilines is 6. The van der Waals surface area contributed by atoms with E-state index in [9.17, 15) is 0 Å². The van der Waals surface area contributed by atoms with Crippen LogP contribution in [0, 0.1) is 0 Å². The molecular formula is C52H38N2O. The molecule has 0 N–H and O–H groups in total. The number of nitrogens with zero attached hydrogens (tertiary/aromatic N) is 2. The van der Waals surface area contributed by atoms with Gasteiger partial charge in [0.2, 0.25) is 0 Å². The fourth-order valence-corrected chi connectivity index (χ4v) is 9.28. The average molecular weight is 707 g/mol. The molecule has 11 rings (SSSR count). The van der Waals surface area contributed by atoms with E-state index in [4.69, 9.17) is 4.42 Å². The van der Waals surface area contributed by atoms with Crippen LogP contribution in [0.25, 0.3) is 44.2 Å². The molecule has 0 radical (unpaired) electrons. The fraction of sp³-hybridized carbons (Fsp3) is 0.0769. The predicted octanol–water partition coefficient (Wildman–Crippen LogP) is 14.4. The van der Waals surface area contributed by atoms with Crippen LogP contribution >= 0.6 is 0 Å². The molecular weight excluding hydrogens is 669 g/mol. The molecule has 3 heteroatoms. The second-order valence-corrected chi connectivity index (χ2v) is 15.3. The van der Waals surface area contributed by atoms with Crippen LogP contribution in [0.5, 0.6) is 0 Å². The summed E-state index contributed by atoms with van der Waals surface area (Å²) in [6, 6.07) is 66.0. The maximum absolute atomic E-state index is 7.00. The van der Waals surface area contributed by atoms with Gasteiger partial charge in [0.15, 0.2) is 5.58 Å². The summed E-state index contributed by atoms with van der Waals surface area (Å²) < 4.78 is 7.00. The Balaban J connectivity index is 1.20. The first-order chi connectivity index (χ1) is 27.0. The zero-order valence-corrected chi connectivity index (χ0v) is 30.8. The van der Waals surface area contributed by atoms with Crippen LogP contribution in [-0.2, 0) is 11.8 Å². The molecule has 1 aromatic heterocycles.